The zero-order chi connectivity index (χ0) is 40.7. The number of furan rings is 1. The molecule has 13 rings (SSSR count). The molecule has 0 unspecified atom stereocenters. The topological polar surface area (TPSA) is 56.7 Å². The van der Waals surface area contributed by atoms with Crippen LogP contribution in [0.4, 0.5) is 0 Å². The van der Waals surface area contributed by atoms with E-state index in [1.165, 1.54) is 37.8 Å². The molecule has 0 saturated heterocycles. The van der Waals surface area contributed by atoms with Gasteiger partial charge in [0, 0.05) is 54.6 Å². The predicted molar refractivity (Wildman–Crippen MR) is 256 cm³/mol. The monoisotopic (exact) mass is 790 g/mol. The van der Waals surface area contributed by atoms with Crippen molar-refractivity contribution in [3.05, 3.63) is 206 Å². The molecule has 3 aromatic heterocycles. The summed E-state index contributed by atoms with van der Waals surface area (Å²) in [6.07, 6.45) is 0. The lowest BCUT2D eigenvalue weighted by molar-refractivity contribution is 0.669. The van der Waals surface area contributed by atoms with Crippen molar-refractivity contribution >= 4 is 76.1 Å². The van der Waals surface area contributed by atoms with E-state index in [4.69, 9.17) is 19.4 Å². The van der Waals surface area contributed by atoms with Gasteiger partial charge >= 0.3 is 0 Å². The molecule has 3 heterocycles. The summed E-state index contributed by atoms with van der Waals surface area (Å²) >= 11 is 0. The van der Waals surface area contributed by atoms with Crippen molar-refractivity contribution in [1.82, 2.24) is 19.5 Å². The second-order valence-electron chi connectivity index (χ2n) is 15.9. The molecule has 13 aromatic rings. The minimum absolute atomic E-state index is 0.594. The van der Waals surface area contributed by atoms with E-state index in [0.717, 1.165) is 71.7 Å². The van der Waals surface area contributed by atoms with E-state index in [0.29, 0.717) is 17.5 Å². The van der Waals surface area contributed by atoms with Crippen molar-refractivity contribution in [1.29, 1.82) is 0 Å². The number of hydrogen-bond donors (Lipinski definition) is 0. The van der Waals surface area contributed by atoms with Crippen LogP contribution in [0.5, 0.6) is 0 Å². The summed E-state index contributed by atoms with van der Waals surface area (Å²) < 4.78 is 8.74. The Kier molecular flexibility index (Phi) is 7.54. The van der Waals surface area contributed by atoms with E-state index in [1.54, 1.807) is 0 Å². The van der Waals surface area contributed by atoms with Crippen LogP contribution in [0.25, 0.3) is 127 Å². The van der Waals surface area contributed by atoms with Crippen LogP contribution in [0.3, 0.4) is 0 Å². The molecular weight excluding hydrogens is 757 g/mol. The second-order valence-corrected chi connectivity index (χ2v) is 15.9. The maximum atomic E-state index is 6.22. The first kappa shape index (κ1) is 34.5. The van der Waals surface area contributed by atoms with Gasteiger partial charge in [0.1, 0.15) is 11.2 Å². The summed E-state index contributed by atoms with van der Waals surface area (Å²) in [5.74, 6) is 1.80. The second kappa shape index (κ2) is 13.6. The smallest absolute Gasteiger partial charge is 0.164 e. The molecule has 0 spiro atoms. The summed E-state index contributed by atoms with van der Waals surface area (Å²) in [6, 6.07) is 73.0. The van der Waals surface area contributed by atoms with Crippen LogP contribution in [0, 0.1) is 0 Å². The fourth-order valence-electron chi connectivity index (χ4n) is 9.53. The molecule has 0 aliphatic heterocycles. The number of benzene rings is 10. The van der Waals surface area contributed by atoms with Crippen LogP contribution in [0.15, 0.2) is 211 Å². The molecule has 5 heteroatoms. The number of hydrogen-bond acceptors (Lipinski definition) is 4. The van der Waals surface area contributed by atoms with Gasteiger partial charge in [0.2, 0.25) is 0 Å². The molecule has 62 heavy (non-hydrogen) atoms. The minimum atomic E-state index is 0.594. The Morgan fingerprint density at radius 1 is 0.323 bits per heavy atom. The van der Waals surface area contributed by atoms with Gasteiger partial charge in [0.15, 0.2) is 17.5 Å². The Balaban J connectivity index is 1.15. The summed E-state index contributed by atoms with van der Waals surface area (Å²) in [7, 11) is 0. The summed E-state index contributed by atoms with van der Waals surface area (Å²) in [6.45, 7) is 0. The normalized spacial score (nSPS) is 11.9. The van der Waals surface area contributed by atoms with E-state index in [-0.39, 0.29) is 0 Å². The Morgan fingerprint density at radius 2 is 0.919 bits per heavy atom. The van der Waals surface area contributed by atoms with Crippen LogP contribution >= 0.6 is 0 Å². The standard InChI is InChI=1S/C57H34N4O/c1-3-15-35(16-4-1)46-34-49(57-59-55(37-18-5-2-6-19-37)58-56(60-57)40-28-30-52-48(32-40)43-24-13-14-26-51(43)62-52)42-23-11-12-25-44(42)54(46)61-50-33-39-21-8-7-20-38(39)31-47(50)45-29-27-36-17-9-10-22-41(36)53(45)61/h1-34H. The van der Waals surface area contributed by atoms with Crippen LogP contribution in [0.2, 0.25) is 0 Å². The molecule has 0 fully saturated rings. The largest absolute Gasteiger partial charge is 0.456 e. The van der Waals surface area contributed by atoms with E-state index in [2.05, 4.69) is 162 Å². The Hall–Kier alpha value is -8.41. The molecule has 10 aromatic carbocycles. The van der Waals surface area contributed by atoms with Gasteiger partial charge in [0.25, 0.3) is 0 Å². The summed E-state index contributed by atoms with van der Waals surface area (Å²) in [5, 5.41) is 11.5. The van der Waals surface area contributed by atoms with Gasteiger partial charge in [-0.2, -0.15) is 0 Å². The van der Waals surface area contributed by atoms with Crippen LogP contribution < -0.4 is 0 Å². The third-order valence-corrected chi connectivity index (χ3v) is 12.4. The summed E-state index contributed by atoms with van der Waals surface area (Å²) in [5.41, 5.74) is 10.0. The Bertz CT molecular complexity index is 3920. The Morgan fingerprint density at radius 3 is 1.71 bits per heavy atom. The molecule has 0 aliphatic carbocycles. The average Bonchev–Trinajstić information content (AvgIpc) is 3.88. The lowest BCUT2D eigenvalue weighted by atomic mass is 9.93. The van der Waals surface area contributed by atoms with Crippen molar-refractivity contribution < 1.29 is 4.42 Å². The molecule has 0 bridgehead atoms. The third-order valence-electron chi connectivity index (χ3n) is 12.4. The number of nitrogens with zero attached hydrogens (tertiary/aromatic N) is 4. The highest BCUT2D eigenvalue weighted by molar-refractivity contribution is 6.22. The number of aromatic nitrogens is 4. The first-order valence-corrected chi connectivity index (χ1v) is 20.9. The maximum Gasteiger partial charge on any atom is 0.164 e. The summed E-state index contributed by atoms with van der Waals surface area (Å²) in [4.78, 5) is 15.8. The minimum Gasteiger partial charge on any atom is -0.456 e. The molecular formula is C57H34N4O. The van der Waals surface area contributed by atoms with Crippen LogP contribution in [0.1, 0.15) is 0 Å². The third kappa shape index (κ3) is 5.32. The average molecular weight is 791 g/mol. The van der Waals surface area contributed by atoms with Crippen molar-refractivity contribution in [2.24, 2.45) is 0 Å². The molecule has 0 aliphatic rings. The highest BCUT2D eigenvalue weighted by atomic mass is 16.3. The van der Waals surface area contributed by atoms with Crippen LogP contribution in [-0.2, 0) is 0 Å². The predicted octanol–water partition coefficient (Wildman–Crippen LogP) is 15.0. The fourth-order valence-corrected chi connectivity index (χ4v) is 9.53. The molecule has 5 nitrogen and oxygen atoms in total. The number of rotatable bonds is 5. The molecule has 0 radical (unpaired) electrons. The van der Waals surface area contributed by atoms with Crippen molar-refractivity contribution in [2.45, 2.75) is 0 Å². The van der Waals surface area contributed by atoms with Crippen molar-refractivity contribution in [3.63, 3.8) is 0 Å². The molecule has 0 atom stereocenters. The zero-order valence-electron chi connectivity index (χ0n) is 33.3. The first-order valence-electron chi connectivity index (χ1n) is 20.9. The molecule has 0 amide bonds. The van der Waals surface area contributed by atoms with E-state index in [1.807, 2.05) is 48.5 Å². The van der Waals surface area contributed by atoms with Crippen LogP contribution in [-0.4, -0.2) is 19.5 Å². The van der Waals surface area contributed by atoms with Gasteiger partial charge in [-0.05, 0) is 69.6 Å². The highest BCUT2D eigenvalue weighted by Crippen LogP contribution is 2.46. The number of para-hydroxylation sites is 1. The quantitative estimate of drug-likeness (QED) is 0.174. The van der Waals surface area contributed by atoms with E-state index in [9.17, 15) is 0 Å². The zero-order valence-corrected chi connectivity index (χ0v) is 33.3. The Labute approximate surface area is 355 Å². The fraction of sp³-hybridized carbons (Fsp3) is 0. The maximum absolute atomic E-state index is 6.22. The van der Waals surface area contributed by atoms with Gasteiger partial charge in [0.05, 0.1) is 16.7 Å². The van der Waals surface area contributed by atoms with E-state index >= 15 is 0 Å². The number of fused-ring (bicyclic) bond motifs is 10. The van der Waals surface area contributed by atoms with Gasteiger partial charge < -0.3 is 8.98 Å². The SMILES string of the molecule is c1ccc(-c2nc(-c3ccc4oc5ccccc5c4c3)nc(-c3cc(-c4ccccc4)c(-n4c5cc6ccccc6cc5c5ccc6ccccc6c54)c4ccccc34)n2)cc1. The highest BCUT2D eigenvalue weighted by Gasteiger charge is 2.24. The van der Waals surface area contributed by atoms with Gasteiger partial charge in [-0.3, -0.25) is 0 Å². The molecule has 0 saturated carbocycles. The first-order chi connectivity index (χ1) is 30.7. The van der Waals surface area contributed by atoms with Crippen molar-refractivity contribution in [3.8, 4) is 51.0 Å². The van der Waals surface area contributed by atoms with Crippen molar-refractivity contribution in [2.75, 3.05) is 0 Å². The lowest BCUT2D eigenvalue weighted by Gasteiger charge is -2.20. The van der Waals surface area contributed by atoms with E-state index < -0.39 is 0 Å². The molecule has 288 valence electrons. The van der Waals surface area contributed by atoms with Gasteiger partial charge in [-0.25, -0.2) is 15.0 Å². The van der Waals surface area contributed by atoms with Gasteiger partial charge in [-0.15, -0.1) is 0 Å². The lowest BCUT2D eigenvalue weighted by Crippen LogP contribution is -2.03. The van der Waals surface area contributed by atoms with Gasteiger partial charge in [-0.1, -0.05) is 164 Å². The molecule has 0 N–H and O–H groups in total.